The zero-order valence-corrected chi connectivity index (χ0v) is 11.7. The third-order valence-electron chi connectivity index (χ3n) is 3.97. The second kappa shape index (κ2) is 4.78. The number of nitrogens with two attached hydrogens (primary N) is 1. The van der Waals surface area contributed by atoms with Gasteiger partial charge in [-0.15, -0.1) is 0 Å². The Morgan fingerprint density at radius 2 is 2.06 bits per heavy atom. The minimum absolute atomic E-state index is 0.125. The van der Waals surface area contributed by atoms with E-state index in [1.807, 2.05) is 11.8 Å². The molecule has 1 aromatic carbocycles. The summed E-state index contributed by atoms with van der Waals surface area (Å²) in [7, 11) is 0. The fourth-order valence-corrected chi connectivity index (χ4v) is 3.89. The molecule has 2 atom stereocenters. The van der Waals surface area contributed by atoms with Crippen LogP contribution in [0.2, 0.25) is 0 Å². The Morgan fingerprint density at radius 1 is 1.33 bits per heavy atom. The standard InChI is InChI=1S/C15H21NOS/c1-15(9-2-10-18-15)14(16)11-3-5-12(6-4-11)17-13-7-8-13/h3-6,13-14H,2,7-10,16H2,1H3. The molecule has 3 heteroatoms. The van der Waals surface area contributed by atoms with Crippen molar-refractivity contribution in [2.75, 3.05) is 5.75 Å². The number of benzene rings is 1. The van der Waals surface area contributed by atoms with Crippen LogP contribution in [0.1, 0.15) is 44.2 Å². The minimum atomic E-state index is 0.125. The summed E-state index contributed by atoms with van der Waals surface area (Å²) in [5.41, 5.74) is 7.67. The van der Waals surface area contributed by atoms with Gasteiger partial charge in [0, 0.05) is 10.8 Å². The van der Waals surface area contributed by atoms with E-state index in [0.29, 0.717) is 6.10 Å². The Morgan fingerprint density at radius 3 is 2.61 bits per heavy atom. The zero-order valence-electron chi connectivity index (χ0n) is 10.9. The molecule has 2 nitrogen and oxygen atoms in total. The van der Waals surface area contributed by atoms with Crippen molar-refractivity contribution in [3.63, 3.8) is 0 Å². The first-order valence-corrected chi connectivity index (χ1v) is 7.82. The second-order valence-electron chi connectivity index (χ2n) is 5.63. The van der Waals surface area contributed by atoms with Crippen LogP contribution in [0.5, 0.6) is 5.75 Å². The van der Waals surface area contributed by atoms with Crippen LogP contribution in [-0.2, 0) is 0 Å². The van der Waals surface area contributed by atoms with E-state index in [2.05, 4.69) is 31.2 Å². The maximum atomic E-state index is 6.44. The molecule has 2 unspecified atom stereocenters. The highest BCUT2D eigenvalue weighted by atomic mass is 32.2. The van der Waals surface area contributed by atoms with E-state index in [0.717, 1.165) is 5.75 Å². The Kier molecular flexibility index (Phi) is 3.29. The van der Waals surface area contributed by atoms with E-state index in [-0.39, 0.29) is 10.8 Å². The normalized spacial score (nSPS) is 29.2. The molecule has 0 radical (unpaired) electrons. The molecule has 1 saturated carbocycles. The van der Waals surface area contributed by atoms with Crippen molar-refractivity contribution in [1.82, 2.24) is 0 Å². The molecular weight excluding hydrogens is 242 g/mol. The second-order valence-corrected chi connectivity index (χ2v) is 7.26. The lowest BCUT2D eigenvalue weighted by Gasteiger charge is -2.30. The van der Waals surface area contributed by atoms with E-state index in [1.54, 1.807) is 0 Å². The Hall–Kier alpha value is -0.670. The van der Waals surface area contributed by atoms with Crippen LogP contribution in [-0.4, -0.2) is 16.6 Å². The first-order chi connectivity index (χ1) is 8.67. The van der Waals surface area contributed by atoms with Crippen LogP contribution in [0.25, 0.3) is 0 Å². The summed E-state index contributed by atoms with van der Waals surface area (Å²) in [6, 6.07) is 8.52. The van der Waals surface area contributed by atoms with E-state index in [1.165, 1.54) is 37.0 Å². The third kappa shape index (κ3) is 2.52. The quantitative estimate of drug-likeness (QED) is 0.903. The predicted octanol–water partition coefficient (Wildman–Crippen LogP) is 3.51. The maximum Gasteiger partial charge on any atom is 0.119 e. The van der Waals surface area contributed by atoms with Crippen molar-refractivity contribution in [2.24, 2.45) is 5.73 Å². The fraction of sp³-hybridized carbons (Fsp3) is 0.600. The Labute approximate surface area is 113 Å². The van der Waals surface area contributed by atoms with Gasteiger partial charge < -0.3 is 10.5 Å². The van der Waals surface area contributed by atoms with Crippen LogP contribution >= 0.6 is 11.8 Å². The lowest BCUT2D eigenvalue weighted by atomic mass is 9.91. The van der Waals surface area contributed by atoms with Crippen molar-refractivity contribution in [3.05, 3.63) is 29.8 Å². The summed E-state index contributed by atoms with van der Waals surface area (Å²) in [6.07, 6.45) is 5.38. The maximum absolute atomic E-state index is 6.44. The first kappa shape index (κ1) is 12.4. The fourth-order valence-electron chi connectivity index (χ4n) is 2.53. The van der Waals surface area contributed by atoms with Gasteiger partial charge in [-0.05, 0) is 56.1 Å². The van der Waals surface area contributed by atoms with Crippen molar-refractivity contribution in [3.8, 4) is 5.75 Å². The molecule has 0 spiro atoms. The number of ether oxygens (including phenoxy) is 1. The highest BCUT2D eigenvalue weighted by Crippen LogP contribution is 2.45. The molecule has 1 aromatic rings. The van der Waals surface area contributed by atoms with Gasteiger partial charge in [-0.2, -0.15) is 11.8 Å². The topological polar surface area (TPSA) is 35.2 Å². The molecule has 3 rings (SSSR count). The highest BCUT2D eigenvalue weighted by molar-refractivity contribution is 8.00. The number of thioether (sulfide) groups is 1. The molecular formula is C15H21NOS. The average Bonchev–Trinajstić information content (AvgIpc) is 3.09. The van der Waals surface area contributed by atoms with Gasteiger partial charge in [-0.25, -0.2) is 0 Å². The Balaban J connectivity index is 1.70. The summed E-state index contributed by atoms with van der Waals surface area (Å²) >= 11 is 2.02. The van der Waals surface area contributed by atoms with Gasteiger partial charge in [0.05, 0.1) is 6.10 Å². The van der Waals surface area contributed by atoms with E-state index in [4.69, 9.17) is 10.5 Å². The highest BCUT2D eigenvalue weighted by Gasteiger charge is 2.36. The molecule has 98 valence electrons. The van der Waals surface area contributed by atoms with Crippen molar-refractivity contribution < 1.29 is 4.74 Å². The molecule has 0 aromatic heterocycles. The molecule has 1 heterocycles. The van der Waals surface area contributed by atoms with Crippen LogP contribution < -0.4 is 10.5 Å². The molecule has 0 amide bonds. The molecule has 0 bridgehead atoms. The average molecular weight is 263 g/mol. The first-order valence-electron chi connectivity index (χ1n) is 6.83. The number of rotatable bonds is 4. The lowest BCUT2D eigenvalue weighted by Crippen LogP contribution is -2.32. The summed E-state index contributed by atoms with van der Waals surface area (Å²) in [6.45, 7) is 2.30. The number of hydrogen-bond acceptors (Lipinski definition) is 3. The van der Waals surface area contributed by atoms with E-state index < -0.39 is 0 Å². The predicted molar refractivity (Wildman–Crippen MR) is 77.1 cm³/mol. The van der Waals surface area contributed by atoms with Gasteiger partial charge in [0.2, 0.25) is 0 Å². The molecule has 2 N–H and O–H groups in total. The summed E-state index contributed by atoms with van der Waals surface area (Å²) < 4.78 is 5.97. The minimum Gasteiger partial charge on any atom is -0.490 e. The molecule has 18 heavy (non-hydrogen) atoms. The smallest absolute Gasteiger partial charge is 0.119 e. The van der Waals surface area contributed by atoms with Crippen LogP contribution in [0.3, 0.4) is 0 Å². The van der Waals surface area contributed by atoms with Gasteiger partial charge in [0.1, 0.15) is 5.75 Å². The van der Waals surface area contributed by atoms with Crippen LogP contribution in [0.4, 0.5) is 0 Å². The summed E-state index contributed by atoms with van der Waals surface area (Å²) in [5.74, 6) is 2.23. The van der Waals surface area contributed by atoms with Crippen molar-refractivity contribution in [1.29, 1.82) is 0 Å². The summed E-state index contributed by atoms with van der Waals surface area (Å²) in [5, 5.41) is 0. The zero-order chi connectivity index (χ0) is 12.6. The molecule has 2 aliphatic rings. The van der Waals surface area contributed by atoms with Gasteiger partial charge in [-0.1, -0.05) is 12.1 Å². The van der Waals surface area contributed by atoms with E-state index >= 15 is 0 Å². The SMILES string of the molecule is CC1(C(N)c2ccc(OC3CC3)cc2)CCCS1. The lowest BCUT2D eigenvalue weighted by molar-refractivity contribution is 0.303. The van der Waals surface area contributed by atoms with Gasteiger partial charge in [-0.3, -0.25) is 0 Å². The molecule has 2 fully saturated rings. The van der Waals surface area contributed by atoms with Crippen molar-refractivity contribution >= 4 is 11.8 Å². The van der Waals surface area contributed by atoms with Gasteiger partial charge in [0.25, 0.3) is 0 Å². The summed E-state index contributed by atoms with van der Waals surface area (Å²) in [4.78, 5) is 0. The van der Waals surface area contributed by atoms with Gasteiger partial charge >= 0.3 is 0 Å². The largest absolute Gasteiger partial charge is 0.490 e. The van der Waals surface area contributed by atoms with Crippen LogP contribution in [0, 0.1) is 0 Å². The van der Waals surface area contributed by atoms with Crippen molar-refractivity contribution in [2.45, 2.75) is 49.5 Å². The molecule has 1 saturated heterocycles. The molecule has 1 aliphatic carbocycles. The van der Waals surface area contributed by atoms with Crippen LogP contribution in [0.15, 0.2) is 24.3 Å². The Bertz CT molecular complexity index is 407. The van der Waals surface area contributed by atoms with Gasteiger partial charge in [0.15, 0.2) is 0 Å². The number of hydrogen-bond donors (Lipinski definition) is 1. The third-order valence-corrected chi connectivity index (χ3v) is 5.58. The monoisotopic (exact) mass is 263 g/mol. The van der Waals surface area contributed by atoms with E-state index in [9.17, 15) is 0 Å². The molecule has 1 aliphatic heterocycles.